The van der Waals surface area contributed by atoms with Crippen molar-refractivity contribution in [3.8, 4) is 34.0 Å². The number of ether oxygens (including phenoxy) is 2. The molecule has 1 aliphatic rings. The topological polar surface area (TPSA) is 60.7 Å². The van der Waals surface area contributed by atoms with E-state index in [1.54, 1.807) is 20.3 Å². The van der Waals surface area contributed by atoms with Crippen molar-refractivity contribution >= 4 is 5.97 Å². The molecular weight excluding hydrogens is 354 g/mol. The number of carboxylic acid groups (broad SMARTS) is 1. The summed E-state index contributed by atoms with van der Waals surface area (Å²) in [4.78, 5) is 12.1. The average molecular weight is 377 g/mol. The van der Waals surface area contributed by atoms with Gasteiger partial charge in [-0.05, 0) is 61.7 Å². The van der Waals surface area contributed by atoms with Gasteiger partial charge in [-0.3, -0.25) is 0 Å². The van der Waals surface area contributed by atoms with Gasteiger partial charge in [-0.1, -0.05) is 17.2 Å². The van der Waals surface area contributed by atoms with Crippen LogP contribution in [0.1, 0.15) is 27.0 Å². The lowest BCUT2D eigenvalue weighted by atomic mass is 9.97. The lowest BCUT2D eigenvalue weighted by Gasteiger charge is -2.23. The zero-order chi connectivity index (χ0) is 20.0. The molecule has 4 rings (SSSR count). The molecule has 0 radical (unpaired) electrons. The molecule has 5 heteroatoms. The van der Waals surface area contributed by atoms with Crippen LogP contribution in [0.4, 0.5) is 0 Å². The second-order valence-corrected chi connectivity index (χ2v) is 7.24. The molecule has 1 aliphatic heterocycles. The second-order valence-electron chi connectivity index (χ2n) is 7.24. The largest absolute Gasteiger partial charge is 0.493 e. The third-order valence-corrected chi connectivity index (χ3v) is 5.31. The van der Waals surface area contributed by atoms with E-state index in [0.29, 0.717) is 23.6 Å². The van der Waals surface area contributed by atoms with Crippen LogP contribution in [0, 0.1) is 13.8 Å². The van der Waals surface area contributed by atoms with Gasteiger partial charge >= 0.3 is 5.97 Å². The highest BCUT2D eigenvalue weighted by atomic mass is 16.5. The molecule has 0 saturated carbocycles. The number of carboxylic acids is 1. The van der Waals surface area contributed by atoms with E-state index in [1.807, 2.05) is 38.1 Å². The third-order valence-electron chi connectivity index (χ3n) is 5.31. The standard InChI is InChI=1S/C23H23NO4/c1-13-7-14(2)9-16(8-13)22-18(23(25)26)11-19-17-12-21(28-4)20(27-3)10-15(17)5-6-24(19)22/h7-12H,5-6H2,1-4H3,(H,25,26). The van der Waals surface area contributed by atoms with Gasteiger partial charge in [0.15, 0.2) is 11.5 Å². The smallest absolute Gasteiger partial charge is 0.337 e. The number of aromatic nitrogens is 1. The molecule has 1 N–H and O–H groups in total. The number of hydrogen-bond acceptors (Lipinski definition) is 3. The molecule has 2 aromatic carbocycles. The molecule has 2 heterocycles. The minimum Gasteiger partial charge on any atom is -0.493 e. The number of aromatic carboxylic acids is 1. The van der Waals surface area contributed by atoms with E-state index >= 15 is 0 Å². The van der Waals surface area contributed by atoms with Crippen LogP contribution in [-0.4, -0.2) is 29.9 Å². The van der Waals surface area contributed by atoms with E-state index in [0.717, 1.165) is 45.6 Å². The first kappa shape index (κ1) is 18.2. The minimum absolute atomic E-state index is 0.322. The zero-order valence-corrected chi connectivity index (χ0v) is 16.5. The summed E-state index contributed by atoms with van der Waals surface area (Å²) in [6, 6.07) is 11.9. The van der Waals surface area contributed by atoms with Crippen LogP contribution in [0.3, 0.4) is 0 Å². The highest BCUT2D eigenvalue weighted by Crippen LogP contribution is 2.42. The third kappa shape index (κ3) is 2.83. The lowest BCUT2D eigenvalue weighted by Crippen LogP contribution is -2.12. The summed E-state index contributed by atoms with van der Waals surface area (Å²) in [5, 5.41) is 9.89. The summed E-state index contributed by atoms with van der Waals surface area (Å²) in [5.41, 5.74) is 7.26. The molecule has 144 valence electrons. The van der Waals surface area contributed by atoms with Crippen molar-refractivity contribution in [3.63, 3.8) is 0 Å². The summed E-state index contributed by atoms with van der Waals surface area (Å²) < 4.78 is 13.0. The van der Waals surface area contributed by atoms with E-state index in [9.17, 15) is 9.90 Å². The zero-order valence-electron chi connectivity index (χ0n) is 16.5. The minimum atomic E-state index is -0.918. The average Bonchev–Trinajstić information content (AvgIpc) is 3.06. The van der Waals surface area contributed by atoms with Gasteiger partial charge in [0.25, 0.3) is 0 Å². The van der Waals surface area contributed by atoms with E-state index in [4.69, 9.17) is 9.47 Å². The van der Waals surface area contributed by atoms with Crippen LogP contribution in [0.5, 0.6) is 11.5 Å². The van der Waals surface area contributed by atoms with E-state index in [2.05, 4.69) is 10.6 Å². The monoisotopic (exact) mass is 377 g/mol. The SMILES string of the molecule is COc1cc2c(cc1OC)-c1cc(C(=O)O)c(-c3cc(C)cc(C)c3)n1CC2. The fourth-order valence-corrected chi connectivity index (χ4v) is 4.19. The fourth-order valence-electron chi connectivity index (χ4n) is 4.19. The second kappa shape index (κ2) is 6.75. The van der Waals surface area contributed by atoms with Crippen LogP contribution in [0.2, 0.25) is 0 Å². The normalized spacial score (nSPS) is 12.3. The highest BCUT2D eigenvalue weighted by Gasteiger charge is 2.27. The first-order valence-electron chi connectivity index (χ1n) is 9.23. The summed E-state index contributed by atoms with van der Waals surface area (Å²) in [6.07, 6.45) is 0.800. The summed E-state index contributed by atoms with van der Waals surface area (Å²) in [7, 11) is 3.23. The number of methoxy groups -OCH3 is 2. The molecule has 0 amide bonds. The van der Waals surface area contributed by atoms with Gasteiger partial charge in [-0.2, -0.15) is 0 Å². The molecule has 5 nitrogen and oxygen atoms in total. The van der Waals surface area contributed by atoms with Crippen LogP contribution in [0.25, 0.3) is 22.5 Å². The Morgan fingerprint density at radius 1 is 0.964 bits per heavy atom. The van der Waals surface area contributed by atoms with Crippen molar-refractivity contribution in [2.24, 2.45) is 0 Å². The Balaban J connectivity index is 1.99. The number of hydrogen-bond donors (Lipinski definition) is 1. The molecule has 0 unspecified atom stereocenters. The van der Waals surface area contributed by atoms with Gasteiger partial charge in [-0.15, -0.1) is 0 Å². The van der Waals surface area contributed by atoms with Crippen molar-refractivity contribution < 1.29 is 19.4 Å². The van der Waals surface area contributed by atoms with Gasteiger partial charge in [0.05, 0.1) is 25.5 Å². The summed E-state index contributed by atoms with van der Waals surface area (Å²) >= 11 is 0. The summed E-state index contributed by atoms with van der Waals surface area (Å²) in [5.74, 6) is 0.410. The molecular formula is C23H23NO4. The first-order valence-corrected chi connectivity index (χ1v) is 9.23. The Bertz CT molecular complexity index is 1070. The number of fused-ring (bicyclic) bond motifs is 3. The van der Waals surface area contributed by atoms with Crippen LogP contribution >= 0.6 is 0 Å². The number of rotatable bonds is 4. The maximum absolute atomic E-state index is 12.1. The Labute approximate surface area is 164 Å². The highest BCUT2D eigenvalue weighted by molar-refractivity contribution is 5.98. The van der Waals surface area contributed by atoms with Crippen LogP contribution < -0.4 is 9.47 Å². The van der Waals surface area contributed by atoms with Crippen molar-refractivity contribution in [2.75, 3.05) is 14.2 Å². The van der Waals surface area contributed by atoms with Gasteiger partial charge < -0.3 is 19.1 Å². The van der Waals surface area contributed by atoms with Crippen molar-refractivity contribution in [1.29, 1.82) is 0 Å². The van der Waals surface area contributed by atoms with Gasteiger partial charge in [0.2, 0.25) is 0 Å². The maximum atomic E-state index is 12.1. The van der Waals surface area contributed by atoms with E-state index in [-0.39, 0.29) is 0 Å². The maximum Gasteiger partial charge on any atom is 0.337 e. The van der Waals surface area contributed by atoms with Gasteiger partial charge in [0.1, 0.15) is 0 Å². The molecule has 0 fully saturated rings. The van der Waals surface area contributed by atoms with Crippen molar-refractivity contribution in [2.45, 2.75) is 26.8 Å². The Hall–Kier alpha value is -3.21. The fraction of sp³-hybridized carbons (Fsp3) is 0.261. The number of carbonyl (C=O) groups is 1. The Kier molecular flexibility index (Phi) is 4.38. The predicted molar refractivity (Wildman–Crippen MR) is 109 cm³/mol. The summed E-state index contributed by atoms with van der Waals surface area (Å²) in [6.45, 7) is 4.78. The Morgan fingerprint density at radius 3 is 2.21 bits per heavy atom. The molecule has 0 spiro atoms. The Morgan fingerprint density at radius 2 is 1.61 bits per heavy atom. The van der Waals surface area contributed by atoms with Crippen LogP contribution in [-0.2, 0) is 13.0 Å². The molecule has 0 bridgehead atoms. The van der Waals surface area contributed by atoms with Crippen molar-refractivity contribution in [3.05, 3.63) is 58.7 Å². The molecule has 0 saturated heterocycles. The molecule has 1 aromatic heterocycles. The van der Waals surface area contributed by atoms with Crippen LogP contribution in [0.15, 0.2) is 36.4 Å². The first-order chi connectivity index (χ1) is 13.4. The molecule has 28 heavy (non-hydrogen) atoms. The number of aryl methyl sites for hydroxylation is 3. The van der Waals surface area contributed by atoms with Crippen molar-refractivity contribution in [1.82, 2.24) is 4.57 Å². The lowest BCUT2D eigenvalue weighted by molar-refractivity contribution is 0.0697. The quantitative estimate of drug-likeness (QED) is 0.715. The van der Waals surface area contributed by atoms with E-state index in [1.165, 1.54) is 0 Å². The van der Waals surface area contributed by atoms with Gasteiger partial charge in [0, 0.05) is 17.8 Å². The molecule has 0 aliphatic carbocycles. The molecule has 0 atom stereocenters. The molecule has 3 aromatic rings. The van der Waals surface area contributed by atoms with E-state index < -0.39 is 5.97 Å². The number of nitrogens with zero attached hydrogens (tertiary/aromatic N) is 1. The number of benzene rings is 2. The van der Waals surface area contributed by atoms with Gasteiger partial charge in [-0.25, -0.2) is 4.79 Å². The predicted octanol–water partition coefficient (Wildman–Crippen LogP) is 4.71.